The molecule has 2 aromatic rings. The minimum atomic E-state index is -0.126. The maximum atomic E-state index is 14.3. The lowest BCUT2D eigenvalue weighted by Crippen LogP contribution is -2.18. The molecule has 2 aliphatic rings. The van der Waals surface area contributed by atoms with Gasteiger partial charge in [-0.15, -0.1) is 0 Å². The van der Waals surface area contributed by atoms with Gasteiger partial charge >= 0.3 is 0 Å². The number of nitrogens with zero attached hydrogens (tertiary/aromatic N) is 2. The van der Waals surface area contributed by atoms with Crippen LogP contribution in [0.1, 0.15) is 42.6 Å². The van der Waals surface area contributed by atoms with Crippen molar-refractivity contribution in [3.63, 3.8) is 0 Å². The van der Waals surface area contributed by atoms with Crippen LogP contribution in [0.3, 0.4) is 0 Å². The molecule has 0 amide bonds. The Hall–Kier alpha value is -1.68. The summed E-state index contributed by atoms with van der Waals surface area (Å²) >= 11 is 0. The molecule has 0 spiro atoms. The standard InChI is InChI=1S/C17H20FN3/c18-14-4-3-7-16(13(14)10-19-12-8-9-12)21-11-20-15-5-1-2-6-17(15)21/h3-4,7,11-12,19H,1-2,5-6,8-10H2. The van der Waals surface area contributed by atoms with Gasteiger partial charge in [0.25, 0.3) is 0 Å². The summed E-state index contributed by atoms with van der Waals surface area (Å²) in [7, 11) is 0. The number of rotatable bonds is 4. The van der Waals surface area contributed by atoms with Gasteiger partial charge in [-0.3, -0.25) is 0 Å². The third kappa shape index (κ3) is 2.48. The molecule has 2 aliphatic carbocycles. The fraction of sp³-hybridized carbons (Fsp3) is 0.471. The number of hydrogen-bond donors (Lipinski definition) is 1. The fourth-order valence-corrected chi connectivity index (χ4v) is 3.16. The molecule has 1 saturated carbocycles. The molecule has 0 unspecified atom stereocenters. The van der Waals surface area contributed by atoms with E-state index in [0.717, 1.165) is 24.1 Å². The smallest absolute Gasteiger partial charge is 0.129 e. The van der Waals surface area contributed by atoms with E-state index in [1.165, 1.54) is 37.1 Å². The Labute approximate surface area is 124 Å². The molecule has 3 nitrogen and oxygen atoms in total. The summed E-state index contributed by atoms with van der Waals surface area (Å²) in [6.45, 7) is 0.597. The van der Waals surface area contributed by atoms with E-state index in [0.29, 0.717) is 12.6 Å². The molecule has 0 aliphatic heterocycles. The van der Waals surface area contributed by atoms with E-state index in [-0.39, 0.29) is 5.82 Å². The van der Waals surface area contributed by atoms with Crippen LogP contribution in [0.2, 0.25) is 0 Å². The molecule has 4 heteroatoms. The lowest BCUT2D eigenvalue weighted by Gasteiger charge is -2.17. The van der Waals surface area contributed by atoms with E-state index < -0.39 is 0 Å². The van der Waals surface area contributed by atoms with Crippen LogP contribution in [0.4, 0.5) is 4.39 Å². The van der Waals surface area contributed by atoms with Crippen LogP contribution >= 0.6 is 0 Å². The van der Waals surface area contributed by atoms with E-state index in [1.54, 1.807) is 12.1 Å². The van der Waals surface area contributed by atoms with Crippen molar-refractivity contribution in [2.24, 2.45) is 0 Å². The first-order chi connectivity index (χ1) is 10.3. The summed E-state index contributed by atoms with van der Waals surface area (Å²) < 4.78 is 16.4. The lowest BCUT2D eigenvalue weighted by molar-refractivity contribution is 0.582. The Morgan fingerprint density at radius 3 is 2.95 bits per heavy atom. The molecular weight excluding hydrogens is 265 g/mol. The molecule has 0 radical (unpaired) electrons. The van der Waals surface area contributed by atoms with Crippen molar-refractivity contribution in [3.05, 3.63) is 47.3 Å². The Morgan fingerprint density at radius 2 is 2.10 bits per heavy atom. The van der Waals surface area contributed by atoms with Crippen molar-refractivity contribution in [3.8, 4) is 5.69 Å². The molecule has 21 heavy (non-hydrogen) atoms. The number of benzene rings is 1. The first kappa shape index (κ1) is 13.0. The second-order valence-corrected chi connectivity index (χ2v) is 6.11. The highest BCUT2D eigenvalue weighted by Crippen LogP contribution is 2.27. The predicted octanol–water partition coefficient (Wildman–Crippen LogP) is 3.14. The van der Waals surface area contributed by atoms with Crippen molar-refractivity contribution in [2.75, 3.05) is 0 Å². The monoisotopic (exact) mass is 285 g/mol. The Morgan fingerprint density at radius 1 is 1.24 bits per heavy atom. The van der Waals surface area contributed by atoms with Gasteiger partial charge in [0.05, 0.1) is 17.7 Å². The fourth-order valence-electron chi connectivity index (χ4n) is 3.16. The van der Waals surface area contributed by atoms with Gasteiger partial charge in [-0.1, -0.05) is 6.07 Å². The van der Waals surface area contributed by atoms with E-state index in [9.17, 15) is 4.39 Å². The van der Waals surface area contributed by atoms with E-state index in [1.807, 2.05) is 12.4 Å². The number of imidazole rings is 1. The van der Waals surface area contributed by atoms with Crippen molar-refractivity contribution >= 4 is 0 Å². The average molecular weight is 285 g/mol. The van der Waals surface area contributed by atoms with Crippen molar-refractivity contribution in [2.45, 2.75) is 51.1 Å². The lowest BCUT2D eigenvalue weighted by atomic mass is 10.0. The van der Waals surface area contributed by atoms with E-state index in [4.69, 9.17) is 0 Å². The van der Waals surface area contributed by atoms with Crippen LogP contribution in [0, 0.1) is 5.82 Å². The normalized spacial score (nSPS) is 17.8. The van der Waals surface area contributed by atoms with Gasteiger partial charge in [0.2, 0.25) is 0 Å². The molecule has 1 fully saturated rings. The minimum Gasteiger partial charge on any atom is -0.310 e. The average Bonchev–Trinajstić information content (AvgIpc) is 3.23. The van der Waals surface area contributed by atoms with Crippen LogP contribution in [0.25, 0.3) is 5.69 Å². The van der Waals surface area contributed by atoms with Gasteiger partial charge in [-0.05, 0) is 50.7 Å². The van der Waals surface area contributed by atoms with Gasteiger partial charge in [-0.25, -0.2) is 9.37 Å². The van der Waals surface area contributed by atoms with Gasteiger partial charge in [-0.2, -0.15) is 0 Å². The van der Waals surface area contributed by atoms with Gasteiger partial charge in [0.15, 0.2) is 0 Å². The zero-order valence-electron chi connectivity index (χ0n) is 12.1. The SMILES string of the molecule is Fc1cccc(-n2cnc3c2CCCC3)c1CNC1CC1. The van der Waals surface area contributed by atoms with Crippen LogP contribution in [0.15, 0.2) is 24.5 Å². The number of aromatic nitrogens is 2. The first-order valence-corrected chi connectivity index (χ1v) is 7.89. The van der Waals surface area contributed by atoms with Crippen LogP contribution in [-0.4, -0.2) is 15.6 Å². The highest BCUT2D eigenvalue weighted by Gasteiger charge is 2.23. The second-order valence-electron chi connectivity index (χ2n) is 6.11. The Bertz CT molecular complexity index is 658. The molecule has 0 atom stereocenters. The molecule has 4 rings (SSSR count). The topological polar surface area (TPSA) is 29.9 Å². The molecule has 1 N–H and O–H groups in total. The molecular formula is C17H20FN3. The maximum Gasteiger partial charge on any atom is 0.129 e. The number of nitrogens with one attached hydrogen (secondary N) is 1. The molecule has 1 aromatic carbocycles. The first-order valence-electron chi connectivity index (χ1n) is 7.89. The number of aryl methyl sites for hydroxylation is 1. The summed E-state index contributed by atoms with van der Waals surface area (Å²) in [5.74, 6) is -0.126. The van der Waals surface area contributed by atoms with Crippen LogP contribution < -0.4 is 5.32 Å². The molecule has 0 bridgehead atoms. The van der Waals surface area contributed by atoms with Gasteiger partial charge < -0.3 is 9.88 Å². The second kappa shape index (κ2) is 5.26. The highest BCUT2D eigenvalue weighted by molar-refractivity contribution is 5.44. The van der Waals surface area contributed by atoms with E-state index >= 15 is 0 Å². The Kier molecular flexibility index (Phi) is 3.26. The summed E-state index contributed by atoms with van der Waals surface area (Å²) in [5, 5.41) is 3.42. The van der Waals surface area contributed by atoms with Gasteiger partial charge in [0, 0.05) is 23.8 Å². The summed E-state index contributed by atoms with van der Waals surface area (Å²) in [6.07, 6.45) is 8.79. The zero-order chi connectivity index (χ0) is 14.2. The van der Waals surface area contributed by atoms with Crippen LogP contribution in [-0.2, 0) is 19.4 Å². The van der Waals surface area contributed by atoms with Crippen molar-refractivity contribution < 1.29 is 4.39 Å². The van der Waals surface area contributed by atoms with E-state index in [2.05, 4.69) is 14.9 Å². The highest BCUT2D eigenvalue weighted by atomic mass is 19.1. The van der Waals surface area contributed by atoms with Crippen molar-refractivity contribution in [1.82, 2.24) is 14.9 Å². The number of fused-ring (bicyclic) bond motifs is 1. The summed E-state index contributed by atoms with van der Waals surface area (Å²) in [6, 6.07) is 5.93. The third-order valence-electron chi connectivity index (χ3n) is 4.53. The third-order valence-corrected chi connectivity index (χ3v) is 4.53. The molecule has 110 valence electrons. The summed E-state index contributed by atoms with van der Waals surface area (Å²) in [4.78, 5) is 4.53. The van der Waals surface area contributed by atoms with Crippen LogP contribution in [0.5, 0.6) is 0 Å². The minimum absolute atomic E-state index is 0.126. The van der Waals surface area contributed by atoms with Crippen molar-refractivity contribution in [1.29, 1.82) is 0 Å². The molecule has 0 saturated heterocycles. The maximum absolute atomic E-state index is 14.3. The quantitative estimate of drug-likeness (QED) is 0.935. The van der Waals surface area contributed by atoms with Gasteiger partial charge in [0.1, 0.15) is 5.82 Å². The number of hydrogen-bond acceptors (Lipinski definition) is 2. The Balaban J connectivity index is 1.73. The predicted molar refractivity (Wildman–Crippen MR) is 80.0 cm³/mol. The molecule has 1 aromatic heterocycles. The molecule has 1 heterocycles. The largest absolute Gasteiger partial charge is 0.310 e. The zero-order valence-corrected chi connectivity index (χ0v) is 12.1. The number of halogens is 1. The summed E-state index contributed by atoms with van der Waals surface area (Å²) in [5.41, 5.74) is 4.15.